The van der Waals surface area contributed by atoms with Crippen LogP contribution in [0.25, 0.3) is 10.8 Å². The minimum atomic E-state index is 0.857. The third-order valence-corrected chi connectivity index (χ3v) is 4.53. The lowest BCUT2D eigenvalue weighted by Crippen LogP contribution is -2.13. The fourth-order valence-electron chi connectivity index (χ4n) is 2.47. The van der Waals surface area contributed by atoms with E-state index in [0.717, 1.165) is 19.5 Å². The second-order valence-corrected chi connectivity index (χ2v) is 5.85. The highest BCUT2D eigenvalue weighted by molar-refractivity contribution is 7.10. The summed E-state index contributed by atoms with van der Waals surface area (Å²) in [5.41, 5.74) is 2.72. The van der Waals surface area contributed by atoms with E-state index >= 15 is 0 Å². The minimum Gasteiger partial charge on any atom is -0.308 e. The molecule has 0 aliphatic rings. The standard InChI is InChI=1S/C17H18N2S/c1-2-13-7-8-20-17(13)12-19-11-15-10-18-9-14-5-3-4-6-16(14)15/h3-10,19H,2,11-12H2,1H3. The molecule has 0 unspecified atom stereocenters. The smallest absolute Gasteiger partial charge is 0.0346 e. The fraction of sp³-hybridized carbons (Fsp3) is 0.235. The maximum atomic E-state index is 4.32. The van der Waals surface area contributed by atoms with Gasteiger partial charge in [-0.15, -0.1) is 11.3 Å². The predicted octanol–water partition coefficient (Wildman–Crippen LogP) is 4.15. The zero-order valence-electron chi connectivity index (χ0n) is 11.6. The number of thiophene rings is 1. The second-order valence-electron chi connectivity index (χ2n) is 4.85. The molecule has 0 aliphatic carbocycles. The van der Waals surface area contributed by atoms with Gasteiger partial charge >= 0.3 is 0 Å². The SMILES string of the molecule is CCc1ccsc1CNCc1cncc2ccccc12. The number of hydrogen-bond donors (Lipinski definition) is 1. The lowest BCUT2D eigenvalue weighted by atomic mass is 10.1. The first-order valence-electron chi connectivity index (χ1n) is 6.96. The Kier molecular flexibility index (Phi) is 4.09. The highest BCUT2D eigenvalue weighted by atomic mass is 32.1. The Morgan fingerprint density at radius 1 is 1.05 bits per heavy atom. The molecular weight excluding hydrogens is 264 g/mol. The van der Waals surface area contributed by atoms with Crippen molar-refractivity contribution >= 4 is 22.1 Å². The molecule has 0 atom stereocenters. The topological polar surface area (TPSA) is 24.9 Å². The van der Waals surface area contributed by atoms with Gasteiger partial charge in [0.1, 0.15) is 0 Å². The molecule has 0 saturated carbocycles. The molecule has 0 spiro atoms. The molecule has 0 fully saturated rings. The Morgan fingerprint density at radius 2 is 1.95 bits per heavy atom. The molecule has 3 rings (SSSR count). The molecule has 0 saturated heterocycles. The fourth-order valence-corrected chi connectivity index (χ4v) is 3.41. The molecule has 2 aromatic heterocycles. The lowest BCUT2D eigenvalue weighted by molar-refractivity contribution is 0.698. The lowest BCUT2D eigenvalue weighted by Gasteiger charge is -2.08. The zero-order chi connectivity index (χ0) is 13.8. The molecule has 0 radical (unpaired) electrons. The van der Waals surface area contributed by atoms with E-state index in [1.165, 1.54) is 26.8 Å². The van der Waals surface area contributed by atoms with Gasteiger partial charge in [-0.3, -0.25) is 4.98 Å². The minimum absolute atomic E-state index is 0.857. The van der Waals surface area contributed by atoms with Gasteiger partial charge in [-0.1, -0.05) is 31.2 Å². The summed E-state index contributed by atoms with van der Waals surface area (Å²) >= 11 is 1.83. The van der Waals surface area contributed by atoms with Crippen molar-refractivity contribution in [3.63, 3.8) is 0 Å². The molecule has 0 bridgehead atoms. The number of pyridine rings is 1. The summed E-state index contributed by atoms with van der Waals surface area (Å²) in [7, 11) is 0. The van der Waals surface area contributed by atoms with Crippen molar-refractivity contribution in [3.8, 4) is 0 Å². The van der Waals surface area contributed by atoms with Gasteiger partial charge in [0, 0.05) is 35.7 Å². The number of fused-ring (bicyclic) bond motifs is 1. The van der Waals surface area contributed by atoms with Gasteiger partial charge in [0.15, 0.2) is 0 Å². The van der Waals surface area contributed by atoms with Crippen LogP contribution in [0.15, 0.2) is 48.1 Å². The average Bonchev–Trinajstić information content (AvgIpc) is 2.95. The van der Waals surface area contributed by atoms with Gasteiger partial charge in [-0.2, -0.15) is 0 Å². The Labute approximate surface area is 123 Å². The molecule has 1 N–H and O–H groups in total. The number of aromatic nitrogens is 1. The maximum Gasteiger partial charge on any atom is 0.0346 e. The second kappa shape index (κ2) is 6.16. The van der Waals surface area contributed by atoms with Crippen LogP contribution >= 0.6 is 11.3 Å². The summed E-state index contributed by atoms with van der Waals surface area (Å²) in [5.74, 6) is 0. The molecule has 102 valence electrons. The molecular formula is C17H18N2S. The van der Waals surface area contributed by atoms with E-state index in [0.29, 0.717) is 0 Å². The van der Waals surface area contributed by atoms with Gasteiger partial charge in [0.25, 0.3) is 0 Å². The van der Waals surface area contributed by atoms with Crippen LogP contribution in [0.4, 0.5) is 0 Å². The van der Waals surface area contributed by atoms with Gasteiger partial charge < -0.3 is 5.32 Å². The van der Waals surface area contributed by atoms with Crippen LogP contribution in [-0.4, -0.2) is 4.98 Å². The zero-order valence-corrected chi connectivity index (χ0v) is 12.4. The monoisotopic (exact) mass is 282 g/mol. The number of rotatable bonds is 5. The molecule has 2 heterocycles. The first kappa shape index (κ1) is 13.3. The van der Waals surface area contributed by atoms with Crippen LogP contribution in [0.3, 0.4) is 0 Å². The molecule has 3 heteroatoms. The summed E-state index contributed by atoms with van der Waals surface area (Å²) in [6, 6.07) is 10.6. The van der Waals surface area contributed by atoms with Crippen LogP contribution < -0.4 is 5.32 Å². The number of nitrogens with one attached hydrogen (secondary N) is 1. The quantitative estimate of drug-likeness (QED) is 0.760. The van der Waals surface area contributed by atoms with Gasteiger partial charge in [0.2, 0.25) is 0 Å². The number of benzene rings is 1. The Morgan fingerprint density at radius 3 is 2.85 bits per heavy atom. The van der Waals surface area contributed by atoms with Crippen molar-refractivity contribution in [1.82, 2.24) is 10.3 Å². The Balaban J connectivity index is 1.71. The van der Waals surface area contributed by atoms with Gasteiger partial charge in [-0.25, -0.2) is 0 Å². The molecule has 0 amide bonds. The van der Waals surface area contributed by atoms with Crippen molar-refractivity contribution in [2.24, 2.45) is 0 Å². The highest BCUT2D eigenvalue weighted by Gasteiger charge is 2.04. The van der Waals surface area contributed by atoms with Gasteiger partial charge in [-0.05, 0) is 34.4 Å². The predicted molar refractivity (Wildman–Crippen MR) is 86.0 cm³/mol. The van der Waals surface area contributed by atoms with E-state index in [1.54, 1.807) is 0 Å². The van der Waals surface area contributed by atoms with Crippen molar-refractivity contribution in [2.45, 2.75) is 26.4 Å². The highest BCUT2D eigenvalue weighted by Crippen LogP contribution is 2.19. The Hall–Kier alpha value is -1.71. The Bertz CT molecular complexity index is 698. The molecule has 20 heavy (non-hydrogen) atoms. The van der Waals surface area contributed by atoms with E-state index < -0.39 is 0 Å². The number of aryl methyl sites for hydroxylation is 1. The summed E-state index contributed by atoms with van der Waals surface area (Å²) < 4.78 is 0. The normalized spacial score (nSPS) is 11.1. The summed E-state index contributed by atoms with van der Waals surface area (Å²) in [5, 5.41) is 8.21. The summed E-state index contributed by atoms with van der Waals surface area (Å²) in [4.78, 5) is 5.77. The molecule has 2 nitrogen and oxygen atoms in total. The third kappa shape index (κ3) is 2.74. The summed E-state index contributed by atoms with van der Waals surface area (Å²) in [6.07, 6.45) is 4.99. The first-order valence-corrected chi connectivity index (χ1v) is 7.84. The van der Waals surface area contributed by atoms with Crippen molar-refractivity contribution in [3.05, 3.63) is 64.1 Å². The molecule has 3 aromatic rings. The van der Waals surface area contributed by atoms with Crippen molar-refractivity contribution in [2.75, 3.05) is 0 Å². The average molecular weight is 282 g/mol. The van der Waals surface area contributed by atoms with E-state index in [2.05, 4.69) is 52.9 Å². The maximum absolute atomic E-state index is 4.32. The molecule has 0 aliphatic heterocycles. The van der Waals surface area contributed by atoms with Crippen LogP contribution in [0.1, 0.15) is 22.9 Å². The van der Waals surface area contributed by atoms with Crippen molar-refractivity contribution < 1.29 is 0 Å². The van der Waals surface area contributed by atoms with Gasteiger partial charge in [0.05, 0.1) is 0 Å². The van der Waals surface area contributed by atoms with Crippen LogP contribution in [0, 0.1) is 0 Å². The number of hydrogen-bond acceptors (Lipinski definition) is 3. The molecule has 1 aromatic carbocycles. The summed E-state index contributed by atoms with van der Waals surface area (Å²) in [6.45, 7) is 4.00. The van der Waals surface area contributed by atoms with Crippen LogP contribution in [-0.2, 0) is 19.5 Å². The van der Waals surface area contributed by atoms with E-state index in [4.69, 9.17) is 0 Å². The van der Waals surface area contributed by atoms with Crippen LogP contribution in [0.5, 0.6) is 0 Å². The van der Waals surface area contributed by atoms with Crippen LogP contribution in [0.2, 0.25) is 0 Å². The number of nitrogens with zero attached hydrogens (tertiary/aromatic N) is 1. The third-order valence-electron chi connectivity index (χ3n) is 3.57. The van der Waals surface area contributed by atoms with E-state index in [1.807, 2.05) is 23.7 Å². The van der Waals surface area contributed by atoms with E-state index in [9.17, 15) is 0 Å². The van der Waals surface area contributed by atoms with E-state index in [-0.39, 0.29) is 0 Å². The first-order chi connectivity index (χ1) is 9.88. The largest absolute Gasteiger partial charge is 0.308 e. The van der Waals surface area contributed by atoms with Crippen molar-refractivity contribution in [1.29, 1.82) is 0 Å².